The number of aryl methyl sites for hydroxylation is 1. The SMILES string of the molecule is CCCCCCCCc1ccc(OCC(C)OC)cc1. The fourth-order valence-corrected chi connectivity index (χ4v) is 2.14. The molecular formula is C18H30O2. The normalized spacial score (nSPS) is 12.3. The van der Waals surface area contributed by atoms with E-state index in [-0.39, 0.29) is 6.10 Å². The zero-order chi connectivity index (χ0) is 14.6. The Balaban J connectivity index is 2.18. The Hall–Kier alpha value is -1.02. The van der Waals surface area contributed by atoms with Gasteiger partial charge in [0, 0.05) is 7.11 Å². The lowest BCUT2D eigenvalue weighted by Gasteiger charge is -2.11. The van der Waals surface area contributed by atoms with Crippen LogP contribution in [0.15, 0.2) is 24.3 Å². The first-order valence-electron chi connectivity index (χ1n) is 8.00. The molecule has 0 heterocycles. The van der Waals surface area contributed by atoms with E-state index in [0.29, 0.717) is 6.61 Å². The van der Waals surface area contributed by atoms with Crippen molar-refractivity contribution in [2.24, 2.45) is 0 Å². The van der Waals surface area contributed by atoms with Crippen molar-refractivity contribution in [3.8, 4) is 5.75 Å². The molecule has 0 aromatic heterocycles. The van der Waals surface area contributed by atoms with Gasteiger partial charge in [0.05, 0.1) is 6.10 Å². The molecule has 0 aliphatic rings. The van der Waals surface area contributed by atoms with Crippen molar-refractivity contribution in [3.63, 3.8) is 0 Å². The van der Waals surface area contributed by atoms with Crippen LogP contribution < -0.4 is 4.74 Å². The van der Waals surface area contributed by atoms with Gasteiger partial charge >= 0.3 is 0 Å². The minimum Gasteiger partial charge on any atom is -0.491 e. The summed E-state index contributed by atoms with van der Waals surface area (Å²) in [7, 11) is 1.71. The molecule has 0 amide bonds. The summed E-state index contributed by atoms with van der Waals surface area (Å²) in [5, 5.41) is 0. The standard InChI is InChI=1S/C18H30O2/c1-4-5-6-7-8-9-10-17-11-13-18(14-12-17)20-15-16(2)19-3/h11-14,16H,4-10,15H2,1-3H3. The third kappa shape index (κ3) is 7.54. The van der Waals surface area contributed by atoms with E-state index < -0.39 is 0 Å². The van der Waals surface area contributed by atoms with Gasteiger partial charge in [-0.25, -0.2) is 0 Å². The van der Waals surface area contributed by atoms with E-state index in [9.17, 15) is 0 Å². The largest absolute Gasteiger partial charge is 0.491 e. The van der Waals surface area contributed by atoms with Gasteiger partial charge in [-0.1, -0.05) is 51.2 Å². The van der Waals surface area contributed by atoms with Gasteiger partial charge < -0.3 is 9.47 Å². The maximum atomic E-state index is 5.66. The molecule has 0 radical (unpaired) electrons. The van der Waals surface area contributed by atoms with E-state index in [1.807, 2.05) is 6.92 Å². The lowest BCUT2D eigenvalue weighted by molar-refractivity contribution is 0.0716. The number of hydrogen-bond acceptors (Lipinski definition) is 2. The molecule has 20 heavy (non-hydrogen) atoms. The van der Waals surface area contributed by atoms with Crippen LogP contribution in [-0.4, -0.2) is 19.8 Å². The highest BCUT2D eigenvalue weighted by atomic mass is 16.5. The molecule has 0 aliphatic heterocycles. The summed E-state index contributed by atoms with van der Waals surface area (Å²) in [4.78, 5) is 0. The molecule has 2 heteroatoms. The molecule has 0 aliphatic carbocycles. The molecule has 1 rings (SSSR count). The number of hydrogen-bond donors (Lipinski definition) is 0. The third-order valence-electron chi connectivity index (χ3n) is 3.63. The Bertz CT molecular complexity index is 332. The monoisotopic (exact) mass is 278 g/mol. The third-order valence-corrected chi connectivity index (χ3v) is 3.63. The van der Waals surface area contributed by atoms with E-state index in [0.717, 1.165) is 5.75 Å². The van der Waals surface area contributed by atoms with Gasteiger partial charge in [0.1, 0.15) is 12.4 Å². The molecule has 1 atom stereocenters. The van der Waals surface area contributed by atoms with Crippen LogP contribution in [0.2, 0.25) is 0 Å². The molecule has 1 aromatic carbocycles. The minimum atomic E-state index is 0.137. The van der Waals surface area contributed by atoms with Crippen LogP contribution in [0.3, 0.4) is 0 Å². The Morgan fingerprint density at radius 3 is 2.25 bits per heavy atom. The Morgan fingerprint density at radius 2 is 1.60 bits per heavy atom. The number of ether oxygens (including phenoxy) is 2. The zero-order valence-electron chi connectivity index (χ0n) is 13.4. The molecule has 0 bridgehead atoms. The average Bonchev–Trinajstić information content (AvgIpc) is 2.49. The molecular weight excluding hydrogens is 248 g/mol. The summed E-state index contributed by atoms with van der Waals surface area (Å²) < 4.78 is 10.8. The van der Waals surface area contributed by atoms with Crippen LogP contribution in [0.5, 0.6) is 5.75 Å². The molecule has 0 N–H and O–H groups in total. The van der Waals surface area contributed by atoms with Gasteiger partial charge in [0.15, 0.2) is 0 Å². The van der Waals surface area contributed by atoms with Crippen LogP contribution in [0, 0.1) is 0 Å². The fraction of sp³-hybridized carbons (Fsp3) is 0.667. The number of benzene rings is 1. The first-order valence-corrected chi connectivity index (χ1v) is 8.00. The van der Waals surface area contributed by atoms with Crippen molar-refractivity contribution in [3.05, 3.63) is 29.8 Å². The van der Waals surface area contributed by atoms with Crippen LogP contribution in [-0.2, 0) is 11.2 Å². The molecule has 0 spiro atoms. The van der Waals surface area contributed by atoms with Crippen molar-refractivity contribution in [1.29, 1.82) is 0 Å². The van der Waals surface area contributed by atoms with Gasteiger partial charge in [-0.3, -0.25) is 0 Å². The van der Waals surface area contributed by atoms with Gasteiger partial charge in [-0.05, 0) is 37.5 Å². The van der Waals surface area contributed by atoms with E-state index in [1.165, 1.54) is 50.5 Å². The summed E-state index contributed by atoms with van der Waals surface area (Å²) in [6.45, 7) is 4.87. The highest BCUT2D eigenvalue weighted by molar-refractivity contribution is 5.27. The molecule has 0 saturated carbocycles. The minimum absolute atomic E-state index is 0.137. The lowest BCUT2D eigenvalue weighted by Crippen LogP contribution is -2.15. The van der Waals surface area contributed by atoms with Crippen molar-refractivity contribution in [1.82, 2.24) is 0 Å². The topological polar surface area (TPSA) is 18.5 Å². The summed E-state index contributed by atoms with van der Waals surface area (Å²) in [6, 6.07) is 8.49. The quantitative estimate of drug-likeness (QED) is 0.530. The van der Waals surface area contributed by atoms with E-state index >= 15 is 0 Å². The summed E-state index contributed by atoms with van der Waals surface area (Å²) in [5.74, 6) is 0.931. The van der Waals surface area contributed by atoms with Crippen molar-refractivity contribution < 1.29 is 9.47 Å². The molecule has 1 unspecified atom stereocenters. The smallest absolute Gasteiger partial charge is 0.119 e. The first-order chi connectivity index (χ1) is 9.76. The first kappa shape index (κ1) is 17.0. The van der Waals surface area contributed by atoms with Gasteiger partial charge in [0.2, 0.25) is 0 Å². The van der Waals surface area contributed by atoms with Gasteiger partial charge in [-0.15, -0.1) is 0 Å². The molecule has 2 nitrogen and oxygen atoms in total. The van der Waals surface area contributed by atoms with Crippen LogP contribution >= 0.6 is 0 Å². The number of methoxy groups -OCH3 is 1. The lowest BCUT2D eigenvalue weighted by atomic mass is 10.0. The van der Waals surface area contributed by atoms with Crippen molar-refractivity contribution in [2.75, 3.05) is 13.7 Å². The van der Waals surface area contributed by atoms with Gasteiger partial charge in [-0.2, -0.15) is 0 Å². The van der Waals surface area contributed by atoms with E-state index in [2.05, 4.69) is 31.2 Å². The van der Waals surface area contributed by atoms with Crippen molar-refractivity contribution in [2.45, 2.75) is 64.9 Å². The highest BCUT2D eigenvalue weighted by Crippen LogP contribution is 2.15. The number of unbranched alkanes of at least 4 members (excludes halogenated alkanes) is 5. The van der Waals surface area contributed by atoms with Crippen LogP contribution in [0.25, 0.3) is 0 Å². The molecule has 114 valence electrons. The molecule has 1 aromatic rings. The van der Waals surface area contributed by atoms with Crippen LogP contribution in [0.4, 0.5) is 0 Å². The second-order valence-electron chi connectivity index (χ2n) is 5.52. The summed E-state index contributed by atoms with van der Waals surface area (Å²) in [5.41, 5.74) is 1.41. The number of rotatable bonds is 11. The van der Waals surface area contributed by atoms with E-state index in [1.54, 1.807) is 7.11 Å². The Kier molecular flexibility index (Phi) is 9.14. The summed E-state index contributed by atoms with van der Waals surface area (Å²) in [6.07, 6.45) is 9.44. The maximum absolute atomic E-state index is 5.66. The zero-order valence-corrected chi connectivity index (χ0v) is 13.4. The fourth-order valence-electron chi connectivity index (χ4n) is 2.14. The molecule has 0 saturated heterocycles. The second kappa shape index (κ2) is 10.7. The highest BCUT2D eigenvalue weighted by Gasteiger charge is 2.01. The van der Waals surface area contributed by atoms with Crippen molar-refractivity contribution >= 4 is 0 Å². The predicted molar refractivity (Wildman–Crippen MR) is 85.5 cm³/mol. The van der Waals surface area contributed by atoms with E-state index in [4.69, 9.17) is 9.47 Å². The summed E-state index contributed by atoms with van der Waals surface area (Å²) >= 11 is 0. The maximum Gasteiger partial charge on any atom is 0.119 e. The Labute approximate surface area is 124 Å². The Morgan fingerprint density at radius 1 is 0.950 bits per heavy atom. The average molecular weight is 278 g/mol. The van der Waals surface area contributed by atoms with Gasteiger partial charge in [0.25, 0.3) is 0 Å². The predicted octanol–water partition coefficient (Wildman–Crippen LogP) is 5.00. The molecule has 0 fully saturated rings. The second-order valence-corrected chi connectivity index (χ2v) is 5.52. The van der Waals surface area contributed by atoms with Crippen LogP contribution in [0.1, 0.15) is 57.9 Å².